The highest BCUT2D eigenvalue weighted by Gasteiger charge is 2.25. The van der Waals surface area contributed by atoms with Crippen molar-refractivity contribution in [1.29, 1.82) is 0 Å². The van der Waals surface area contributed by atoms with Crippen molar-refractivity contribution < 1.29 is 34.9 Å². The van der Waals surface area contributed by atoms with Crippen LogP contribution in [0.15, 0.2) is 35.7 Å². The molecule has 15 nitrogen and oxygen atoms in total. The van der Waals surface area contributed by atoms with Crippen molar-refractivity contribution in [3.63, 3.8) is 0 Å². The van der Waals surface area contributed by atoms with E-state index in [-0.39, 0.29) is 54.0 Å². The zero-order valence-electron chi connectivity index (χ0n) is 26.1. The number of aromatic nitrogens is 6. The number of aryl methyl sites for hydroxylation is 1. The molecule has 4 aromatic rings. The SMILES string of the molecule is CCOC(C)n1cc(-c2ncn3nc(Nc4cc(C)c(S(=O)(=O)N(C)CCCOS(C)(=O)=O)cc4F)nc3c2OC(C)C)cn1. The van der Waals surface area contributed by atoms with Crippen molar-refractivity contribution in [2.75, 3.05) is 38.4 Å². The Morgan fingerprint density at radius 2 is 1.89 bits per heavy atom. The quantitative estimate of drug-likeness (QED) is 0.145. The summed E-state index contributed by atoms with van der Waals surface area (Å²) in [6.45, 7) is 9.34. The lowest BCUT2D eigenvalue weighted by Gasteiger charge is -2.19. The zero-order valence-corrected chi connectivity index (χ0v) is 27.7. The van der Waals surface area contributed by atoms with E-state index >= 15 is 4.39 Å². The molecule has 45 heavy (non-hydrogen) atoms. The predicted molar refractivity (Wildman–Crippen MR) is 164 cm³/mol. The smallest absolute Gasteiger partial charge is 0.264 e. The normalized spacial score (nSPS) is 13.2. The Hall–Kier alpha value is -3.71. The molecule has 3 heterocycles. The molecule has 0 aliphatic carbocycles. The summed E-state index contributed by atoms with van der Waals surface area (Å²) < 4.78 is 84.3. The van der Waals surface area contributed by atoms with Gasteiger partial charge in [-0.05, 0) is 58.7 Å². The van der Waals surface area contributed by atoms with Gasteiger partial charge in [0.1, 0.15) is 24.1 Å². The number of ether oxygens (including phenoxy) is 2. The number of sulfonamides is 1. The summed E-state index contributed by atoms with van der Waals surface area (Å²) in [7, 11) is -6.41. The molecule has 18 heteroatoms. The molecule has 3 aromatic heterocycles. The lowest BCUT2D eigenvalue weighted by Crippen LogP contribution is -2.29. The second-order valence-corrected chi connectivity index (χ2v) is 14.1. The first kappa shape index (κ1) is 34.2. The Labute approximate surface area is 261 Å². The molecule has 0 spiro atoms. The van der Waals surface area contributed by atoms with Crippen LogP contribution in [0.25, 0.3) is 16.9 Å². The number of fused-ring (bicyclic) bond motifs is 1. The number of rotatable bonds is 15. The monoisotopic (exact) mass is 668 g/mol. The van der Waals surface area contributed by atoms with Crippen molar-refractivity contribution in [3.8, 4) is 17.0 Å². The fraction of sp³-hybridized carbons (Fsp3) is 0.481. The number of anilines is 2. The summed E-state index contributed by atoms with van der Waals surface area (Å²) in [5, 5.41) is 11.6. The highest BCUT2D eigenvalue weighted by molar-refractivity contribution is 7.89. The van der Waals surface area contributed by atoms with Gasteiger partial charge in [-0.15, -0.1) is 5.10 Å². The third kappa shape index (κ3) is 8.12. The van der Waals surface area contributed by atoms with Crippen molar-refractivity contribution in [3.05, 3.63) is 42.2 Å². The van der Waals surface area contributed by atoms with E-state index in [4.69, 9.17) is 9.47 Å². The van der Waals surface area contributed by atoms with Crippen LogP contribution in [-0.2, 0) is 29.1 Å². The van der Waals surface area contributed by atoms with Gasteiger partial charge in [0.2, 0.25) is 21.6 Å². The average molecular weight is 669 g/mol. The second kappa shape index (κ2) is 13.7. The fourth-order valence-corrected chi connectivity index (χ4v) is 6.20. The van der Waals surface area contributed by atoms with Gasteiger partial charge in [-0.2, -0.15) is 23.0 Å². The molecule has 0 saturated heterocycles. The molecule has 246 valence electrons. The molecule has 0 amide bonds. The first-order chi connectivity index (χ1) is 21.1. The Balaban J connectivity index is 1.60. The fourth-order valence-electron chi connectivity index (χ4n) is 4.36. The average Bonchev–Trinajstić information content (AvgIpc) is 3.60. The molecule has 1 aromatic carbocycles. The van der Waals surface area contributed by atoms with E-state index in [9.17, 15) is 16.8 Å². The molecular weight excluding hydrogens is 631 g/mol. The van der Waals surface area contributed by atoms with Gasteiger partial charge >= 0.3 is 0 Å². The first-order valence-electron chi connectivity index (χ1n) is 14.1. The molecule has 0 radical (unpaired) electrons. The molecule has 4 rings (SSSR count). The second-order valence-electron chi connectivity index (χ2n) is 10.5. The summed E-state index contributed by atoms with van der Waals surface area (Å²) >= 11 is 0. The Morgan fingerprint density at radius 1 is 1.16 bits per heavy atom. The lowest BCUT2D eigenvalue weighted by molar-refractivity contribution is 0.0160. The van der Waals surface area contributed by atoms with E-state index < -0.39 is 26.0 Å². The standard InChI is InChI=1S/C27H37FN8O7S2/c1-8-41-19(5)35-15-20(14-30-35)24-25(43-17(2)3)26-32-27(33-36(26)16-29-24)31-22-12-18(4)23(13-21(22)28)45(39,40)34(6)10-9-11-42-44(7,37)38/h12-17,19H,8-11H2,1-7H3,(H,31,33). The Kier molecular flexibility index (Phi) is 10.4. The number of halogens is 1. The third-order valence-corrected chi connectivity index (χ3v) is 9.06. The van der Waals surface area contributed by atoms with E-state index in [2.05, 4.69) is 29.7 Å². The first-order valence-corrected chi connectivity index (χ1v) is 17.3. The molecule has 0 bridgehead atoms. The maximum Gasteiger partial charge on any atom is 0.264 e. The number of nitrogens with zero attached hydrogens (tertiary/aromatic N) is 7. The molecule has 0 aliphatic rings. The zero-order chi connectivity index (χ0) is 33.1. The van der Waals surface area contributed by atoms with E-state index in [1.807, 2.05) is 27.7 Å². The van der Waals surface area contributed by atoms with Crippen LogP contribution < -0.4 is 10.1 Å². The van der Waals surface area contributed by atoms with Gasteiger partial charge in [0, 0.05) is 32.0 Å². The van der Waals surface area contributed by atoms with Crippen LogP contribution in [0.4, 0.5) is 16.0 Å². The summed E-state index contributed by atoms with van der Waals surface area (Å²) in [6, 6.07) is 2.26. The van der Waals surface area contributed by atoms with Gasteiger partial charge in [0.25, 0.3) is 10.1 Å². The Bertz CT molecular complexity index is 1880. The van der Waals surface area contributed by atoms with Gasteiger partial charge in [0.05, 0.1) is 35.7 Å². The lowest BCUT2D eigenvalue weighted by atomic mass is 10.2. The minimum atomic E-state index is -4.09. The molecular formula is C27H37FN8O7S2. The Morgan fingerprint density at radius 3 is 2.56 bits per heavy atom. The summed E-state index contributed by atoms with van der Waals surface area (Å²) in [6.07, 6.45) is 5.40. The summed E-state index contributed by atoms with van der Waals surface area (Å²) in [4.78, 5) is 8.81. The summed E-state index contributed by atoms with van der Waals surface area (Å²) in [5.41, 5.74) is 1.70. The van der Waals surface area contributed by atoms with E-state index in [1.165, 1.54) is 30.9 Å². The van der Waals surface area contributed by atoms with Gasteiger partial charge in [-0.25, -0.2) is 26.8 Å². The molecule has 1 N–H and O–H groups in total. The highest BCUT2D eigenvalue weighted by Crippen LogP contribution is 2.33. The topological polar surface area (TPSA) is 172 Å². The van der Waals surface area contributed by atoms with Crippen molar-refractivity contribution >= 4 is 37.4 Å². The van der Waals surface area contributed by atoms with Gasteiger partial charge in [-0.1, -0.05) is 0 Å². The third-order valence-electron chi connectivity index (χ3n) is 6.47. The van der Waals surface area contributed by atoms with Crippen LogP contribution in [0, 0.1) is 12.7 Å². The van der Waals surface area contributed by atoms with Gasteiger partial charge in [-0.3, -0.25) is 4.18 Å². The maximum atomic E-state index is 15.3. The van der Waals surface area contributed by atoms with Crippen molar-refractivity contribution in [2.24, 2.45) is 0 Å². The van der Waals surface area contributed by atoms with Crippen LogP contribution in [0.5, 0.6) is 5.75 Å². The van der Waals surface area contributed by atoms with Crippen LogP contribution in [0.3, 0.4) is 0 Å². The minimum absolute atomic E-state index is 0.0279. The van der Waals surface area contributed by atoms with Gasteiger partial charge in [0.15, 0.2) is 5.75 Å². The van der Waals surface area contributed by atoms with Crippen molar-refractivity contribution in [1.82, 2.24) is 33.7 Å². The highest BCUT2D eigenvalue weighted by atomic mass is 32.2. The number of nitrogens with one attached hydrogen (secondary N) is 1. The number of hydrogen-bond acceptors (Lipinski definition) is 12. The largest absolute Gasteiger partial charge is 0.485 e. The van der Waals surface area contributed by atoms with Crippen LogP contribution >= 0.6 is 0 Å². The van der Waals surface area contributed by atoms with E-state index in [0.717, 1.165) is 16.6 Å². The van der Waals surface area contributed by atoms with E-state index in [1.54, 1.807) is 17.1 Å². The van der Waals surface area contributed by atoms with Crippen molar-refractivity contribution in [2.45, 2.75) is 58.3 Å². The molecule has 0 fully saturated rings. The molecule has 0 saturated carbocycles. The minimum Gasteiger partial charge on any atom is -0.485 e. The van der Waals surface area contributed by atoms with Crippen LogP contribution in [0.1, 0.15) is 45.9 Å². The maximum absolute atomic E-state index is 15.3. The molecule has 1 unspecified atom stereocenters. The number of hydrogen-bond donors (Lipinski definition) is 1. The van der Waals surface area contributed by atoms with Crippen LogP contribution in [0.2, 0.25) is 0 Å². The number of benzene rings is 1. The predicted octanol–water partition coefficient (Wildman–Crippen LogP) is 3.51. The van der Waals surface area contributed by atoms with Gasteiger partial charge < -0.3 is 14.8 Å². The van der Waals surface area contributed by atoms with Crippen LogP contribution in [-0.4, -0.2) is 89.7 Å². The molecule has 1 atom stereocenters. The summed E-state index contributed by atoms with van der Waals surface area (Å²) in [5.74, 6) is -0.472. The molecule has 0 aliphatic heterocycles. The van der Waals surface area contributed by atoms with E-state index in [0.29, 0.717) is 29.3 Å².